The van der Waals surface area contributed by atoms with Crippen LogP contribution in [-0.2, 0) is 6.54 Å². The van der Waals surface area contributed by atoms with Gasteiger partial charge in [-0.05, 0) is 81.7 Å². The molecule has 1 aliphatic carbocycles. The molecule has 2 aromatic rings. The molecule has 2 aliphatic rings. The first kappa shape index (κ1) is 32.0. The first-order valence-corrected chi connectivity index (χ1v) is 15.6. The number of anilines is 2. The average molecular weight is 606 g/mol. The van der Waals surface area contributed by atoms with Crippen LogP contribution in [0, 0.1) is 12.8 Å². The van der Waals surface area contributed by atoms with Crippen molar-refractivity contribution in [3.05, 3.63) is 65.0 Å². The maximum Gasteiger partial charge on any atom is 0.573 e. The van der Waals surface area contributed by atoms with Gasteiger partial charge in [0.05, 0.1) is 11.8 Å². The maximum atomic E-state index is 12.5. The summed E-state index contributed by atoms with van der Waals surface area (Å²) in [7, 11) is 2.11. The van der Waals surface area contributed by atoms with Gasteiger partial charge in [0.2, 0.25) is 5.95 Å². The molecule has 2 heterocycles. The topological polar surface area (TPSA) is 82.5 Å². The molecule has 4 rings (SSSR count). The number of hydrogen-bond donors (Lipinski definition) is 3. The third-order valence-electron chi connectivity index (χ3n) is 7.83. The van der Waals surface area contributed by atoms with Gasteiger partial charge in [-0.3, -0.25) is 0 Å². The summed E-state index contributed by atoms with van der Waals surface area (Å²) < 4.78 is 41.5. The number of alkyl halides is 3. The molecule has 0 bridgehead atoms. The van der Waals surface area contributed by atoms with Crippen LogP contribution in [0.3, 0.4) is 0 Å². The molecule has 0 radical (unpaired) electrons. The smallest absolute Gasteiger partial charge is 0.406 e. The fraction of sp³-hybridized carbons (Fsp3) is 0.548. The number of aryl methyl sites for hydroxylation is 1. The lowest BCUT2D eigenvalue weighted by Crippen LogP contribution is -2.30. The molecule has 4 unspecified atom stereocenters. The number of benzene rings is 1. The van der Waals surface area contributed by atoms with Gasteiger partial charge < -0.3 is 25.4 Å². The number of ether oxygens (including phenoxy) is 1. The molecule has 1 saturated carbocycles. The predicted molar refractivity (Wildman–Crippen MR) is 163 cm³/mol. The highest BCUT2D eigenvalue weighted by Gasteiger charge is 2.34. The maximum absolute atomic E-state index is 12.5. The molecule has 7 nitrogen and oxygen atoms in total. The van der Waals surface area contributed by atoms with E-state index in [0.717, 1.165) is 54.7 Å². The van der Waals surface area contributed by atoms with Crippen LogP contribution in [0.25, 0.3) is 0 Å². The Bertz CT molecular complexity index is 1250. The van der Waals surface area contributed by atoms with Gasteiger partial charge in [0.15, 0.2) is 0 Å². The SMILES string of the molecule is CC/C=C\C1=CC(CC)SC(c2c(C)nc(NCc3ccc(OC(F)(F)F)cc3)nc2N[C@H]2CCC(C(C)O)C2)N1C. The zero-order valence-electron chi connectivity index (χ0n) is 24.9. The molecule has 11 heteroatoms. The Balaban J connectivity index is 1.61. The van der Waals surface area contributed by atoms with Gasteiger partial charge in [-0.2, -0.15) is 4.98 Å². The summed E-state index contributed by atoms with van der Waals surface area (Å²) in [5, 5.41) is 17.5. The summed E-state index contributed by atoms with van der Waals surface area (Å²) in [6.07, 6.45) is 6.34. The van der Waals surface area contributed by atoms with E-state index in [1.54, 1.807) is 12.1 Å². The van der Waals surface area contributed by atoms with Crippen molar-refractivity contribution >= 4 is 23.5 Å². The van der Waals surface area contributed by atoms with Crippen molar-refractivity contribution in [2.24, 2.45) is 5.92 Å². The number of aromatic nitrogens is 2. The van der Waals surface area contributed by atoms with Crippen LogP contribution in [-0.4, -0.2) is 50.8 Å². The number of nitrogens with zero attached hydrogens (tertiary/aromatic N) is 3. The molecular weight excluding hydrogens is 563 g/mol. The molecule has 1 aromatic heterocycles. The molecule has 1 fully saturated rings. The summed E-state index contributed by atoms with van der Waals surface area (Å²) >= 11 is 1.89. The van der Waals surface area contributed by atoms with Crippen molar-refractivity contribution in [3.63, 3.8) is 0 Å². The van der Waals surface area contributed by atoms with Crippen LogP contribution in [0.4, 0.5) is 24.9 Å². The van der Waals surface area contributed by atoms with E-state index in [1.165, 1.54) is 17.8 Å². The zero-order valence-corrected chi connectivity index (χ0v) is 25.7. The Labute approximate surface area is 251 Å². The molecule has 5 atom stereocenters. The van der Waals surface area contributed by atoms with E-state index in [9.17, 15) is 18.3 Å². The number of aliphatic hydroxyl groups excluding tert-OH is 1. The lowest BCUT2D eigenvalue weighted by molar-refractivity contribution is -0.274. The molecule has 1 aliphatic heterocycles. The molecule has 42 heavy (non-hydrogen) atoms. The van der Waals surface area contributed by atoms with Crippen LogP contribution in [0.15, 0.2) is 48.2 Å². The van der Waals surface area contributed by atoms with Crippen LogP contribution in [0.5, 0.6) is 5.75 Å². The Kier molecular flexibility index (Phi) is 10.7. The van der Waals surface area contributed by atoms with Gasteiger partial charge in [0.25, 0.3) is 0 Å². The molecule has 230 valence electrons. The van der Waals surface area contributed by atoms with Gasteiger partial charge in [0, 0.05) is 36.1 Å². The van der Waals surface area contributed by atoms with E-state index in [-0.39, 0.29) is 29.2 Å². The summed E-state index contributed by atoms with van der Waals surface area (Å²) in [5.74, 6) is 1.20. The summed E-state index contributed by atoms with van der Waals surface area (Å²) in [6.45, 7) is 8.51. The zero-order chi connectivity index (χ0) is 30.4. The second-order valence-electron chi connectivity index (χ2n) is 11.0. The summed E-state index contributed by atoms with van der Waals surface area (Å²) in [5.41, 5.74) is 3.84. The Hall–Kier alpha value is -2.92. The third-order valence-corrected chi connectivity index (χ3v) is 9.46. The van der Waals surface area contributed by atoms with Crippen molar-refractivity contribution in [1.29, 1.82) is 0 Å². The van der Waals surface area contributed by atoms with Crippen LogP contribution in [0.2, 0.25) is 0 Å². The van der Waals surface area contributed by atoms with Crippen molar-refractivity contribution in [2.45, 2.75) is 95.5 Å². The third kappa shape index (κ3) is 8.34. The van der Waals surface area contributed by atoms with Crippen LogP contribution < -0.4 is 15.4 Å². The highest BCUT2D eigenvalue weighted by molar-refractivity contribution is 8.00. The number of rotatable bonds is 11. The number of hydrogen-bond acceptors (Lipinski definition) is 8. The first-order chi connectivity index (χ1) is 20.0. The minimum atomic E-state index is -4.73. The van der Waals surface area contributed by atoms with Gasteiger partial charge in [-0.1, -0.05) is 32.1 Å². The molecule has 0 saturated heterocycles. The Morgan fingerprint density at radius 2 is 1.93 bits per heavy atom. The fourth-order valence-electron chi connectivity index (χ4n) is 5.46. The van der Waals surface area contributed by atoms with Crippen molar-refractivity contribution < 1.29 is 23.0 Å². The summed E-state index contributed by atoms with van der Waals surface area (Å²) in [6, 6.07) is 5.94. The molecular formula is C31H42F3N5O2S. The number of allylic oxidation sites excluding steroid dienone is 2. The second kappa shape index (κ2) is 14.0. The molecule has 3 N–H and O–H groups in total. The minimum Gasteiger partial charge on any atom is -0.406 e. The summed E-state index contributed by atoms with van der Waals surface area (Å²) in [4.78, 5) is 12.1. The number of aliphatic hydroxyl groups is 1. The number of likely N-dealkylation sites (N-methyl/N-ethyl adjacent to an activating group) is 1. The van der Waals surface area contributed by atoms with E-state index in [1.807, 2.05) is 25.6 Å². The van der Waals surface area contributed by atoms with E-state index < -0.39 is 6.36 Å². The fourth-order valence-corrected chi connectivity index (χ4v) is 6.93. The highest BCUT2D eigenvalue weighted by atomic mass is 32.2. The van der Waals surface area contributed by atoms with Gasteiger partial charge in [0.1, 0.15) is 16.9 Å². The van der Waals surface area contributed by atoms with Crippen molar-refractivity contribution in [2.75, 3.05) is 17.7 Å². The first-order valence-electron chi connectivity index (χ1n) is 14.7. The lowest BCUT2D eigenvalue weighted by Gasteiger charge is -2.38. The van der Waals surface area contributed by atoms with Crippen molar-refractivity contribution in [3.8, 4) is 5.75 Å². The van der Waals surface area contributed by atoms with Gasteiger partial charge in [-0.25, -0.2) is 4.98 Å². The Morgan fingerprint density at radius 1 is 1.19 bits per heavy atom. The normalized spacial score (nSPS) is 23.6. The molecule has 0 spiro atoms. The highest BCUT2D eigenvalue weighted by Crippen LogP contribution is 2.46. The minimum absolute atomic E-state index is 0.00292. The Morgan fingerprint density at radius 3 is 2.55 bits per heavy atom. The van der Waals surface area contributed by atoms with Gasteiger partial charge >= 0.3 is 6.36 Å². The van der Waals surface area contributed by atoms with E-state index in [4.69, 9.17) is 9.97 Å². The number of thioether (sulfide) groups is 1. The number of nitrogens with one attached hydrogen (secondary N) is 2. The molecule has 1 aromatic carbocycles. The quantitative estimate of drug-likeness (QED) is 0.242. The number of halogens is 3. The van der Waals surface area contributed by atoms with Gasteiger partial charge in [-0.15, -0.1) is 24.9 Å². The largest absolute Gasteiger partial charge is 0.573 e. The second-order valence-corrected chi connectivity index (χ2v) is 12.4. The van der Waals surface area contributed by atoms with E-state index in [2.05, 4.69) is 59.4 Å². The van der Waals surface area contributed by atoms with Crippen LogP contribution in [0.1, 0.15) is 75.1 Å². The van der Waals surface area contributed by atoms with Crippen LogP contribution >= 0.6 is 11.8 Å². The average Bonchev–Trinajstić information content (AvgIpc) is 3.40. The van der Waals surface area contributed by atoms with E-state index >= 15 is 0 Å². The molecule has 0 amide bonds. The van der Waals surface area contributed by atoms with E-state index in [0.29, 0.717) is 17.7 Å². The predicted octanol–water partition coefficient (Wildman–Crippen LogP) is 7.56. The lowest BCUT2D eigenvalue weighted by atomic mass is 10.0. The monoisotopic (exact) mass is 605 g/mol. The van der Waals surface area contributed by atoms with Crippen molar-refractivity contribution in [1.82, 2.24) is 14.9 Å². The standard InChI is InChI=1S/C31H42F3N5O2S/c1-6-8-9-24-17-26(7-2)42-29(39(24)5)27-19(3)36-30(38-28(27)37-23-13-12-22(16-23)20(4)40)35-18-21-10-14-25(15-11-21)41-31(32,33)34/h8-11,14-15,17,20,22-23,26,29,40H,6-7,12-13,16,18H2,1-5H3,(H2,35,36,37,38)/b9-8-/t20?,22?,23-,26?,29?/m0/s1.